The summed E-state index contributed by atoms with van der Waals surface area (Å²) in [5.74, 6) is 0.512. The van der Waals surface area contributed by atoms with Crippen molar-refractivity contribution >= 4 is 5.78 Å². The number of nitrogens with two attached hydrogens (primary N) is 1. The quantitative estimate of drug-likeness (QED) is 0.675. The summed E-state index contributed by atoms with van der Waals surface area (Å²) in [6.07, 6.45) is 6.72. The normalized spacial score (nSPS) is 55.0. The van der Waals surface area contributed by atoms with E-state index in [1.807, 2.05) is 12.2 Å². The van der Waals surface area contributed by atoms with Crippen molar-refractivity contribution in [1.29, 1.82) is 0 Å². The molecule has 2 saturated carbocycles. The summed E-state index contributed by atoms with van der Waals surface area (Å²) in [5, 5.41) is 10.8. The number of allylic oxidation sites excluding steroid dienone is 3. The summed E-state index contributed by atoms with van der Waals surface area (Å²) in [7, 11) is 0. The molecule has 4 rings (SSSR count). The van der Waals surface area contributed by atoms with Crippen LogP contribution in [-0.4, -0.2) is 29.2 Å². The zero-order valence-corrected chi connectivity index (χ0v) is 13.8. The van der Waals surface area contributed by atoms with Gasteiger partial charge in [-0.05, 0) is 48.5 Å². The van der Waals surface area contributed by atoms with E-state index in [2.05, 4.69) is 13.8 Å². The van der Waals surface area contributed by atoms with E-state index < -0.39 is 18.3 Å². The third-order valence-corrected chi connectivity index (χ3v) is 7.61. The van der Waals surface area contributed by atoms with Crippen LogP contribution in [0.3, 0.4) is 0 Å². The fraction of sp³-hybridized carbons (Fsp3) is 0.737. The first-order valence-corrected chi connectivity index (χ1v) is 8.78. The average molecular weight is 319 g/mol. The van der Waals surface area contributed by atoms with Gasteiger partial charge in [0.05, 0.1) is 6.10 Å². The zero-order valence-electron chi connectivity index (χ0n) is 13.8. The minimum absolute atomic E-state index is 0.0344. The summed E-state index contributed by atoms with van der Waals surface area (Å²) in [4.78, 5) is 11.8. The van der Waals surface area contributed by atoms with E-state index in [0.29, 0.717) is 12.8 Å². The van der Waals surface area contributed by atoms with Crippen molar-refractivity contribution in [2.75, 3.05) is 0 Å². The lowest BCUT2D eigenvalue weighted by molar-refractivity contribution is -0.115. The fourth-order valence-corrected chi connectivity index (χ4v) is 6.11. The van der Waals surface area contributed by atoms with Crippen LogP contribution in [0, 0.1) is 28.6 Å². The number of hydrogen-bond donors (Lipinski definition) is 2. The van der Waals surface area contributed by atoms with Crippen LogP contribution in [0.2, 0.25) is 0 Å². The van der Waals surface area contributed by atoms with Gasteiger partial charge in [0, 0.05) is 17.9 Å². The lowest BCUT2D eigenvalue weighted by Gasteiger charge is -2.57. The van der Waals surface area contributed by atoms with Crippen molar-refractivity contribution in [2.45, 2.75) is 57.8 Å². The van der Waals surface area contributed by atoms with Crippen molar-refractivity contribution in [2.24, 2.45) is 34.3 Å². The smallest absolute Gasteiger partial charge is 0.159 e. The average Bonchev–Trinajstić information content (AvgIpc) is 2.73. The second kappa shape index (κ2) is 4.76. The van der Waals surface area contributed by atoms with Gasteiger partial charge < -0.3 is 10.8 Å². The number of carbonyl (C=O) groups is 1. The number of ketones is 1. The van der Waals surface area contributed by atoms with E-state index in [1.54, 1.807) is 6.08 Å². The number of fused-ring (bicyclic) bond motifs is 5. The molecular weight excluding hydrogens is 293 g/mol. The van der Waals surface area contributed by atoms with Gasteiger partial charge in [-0.3, -0.25) is 4.79 Å². The summed E-state index contributed by atoms with van der Waals surface area (Å²) < 4.78 is 14.3. The number of carbonyl (C=O) groups excluding carboxylic acids is 1. The molecule has 0 radical (unpaired) electrons. The molecule has 23 heavy (non-hydrogen) atoms. The van der Waals surface area contributed by atoms with Crippen LogP contribution in [0.1, 0.15) is 39.5 Å². The highest BCUT2D eigenvalue weighted by Gasteiger charge is 2.62. The minimum atomic E-state index is -0.974. The Labute approximate surface area is 136 Å². The number of aliphatic hydroxyl groups is 1. The molecular formula is C19H26FNO2. The second-order valence-corrected chi connectivity index (χ2v) is 8.55. The molecule has 0 aromatic carbocycles. The Kier molecular flexibility index (Phi) is 3.21. The van der Waals surface area contributed by atoms with E-state index >= 15 is 0 Å². The predicted octanol–water partition coefficient (Wildman–Crippen LogP) is 2.54. The molecule has 126 valence electrons. The molecule has 0 unspecified atom stereocenters. The van der Waals surface area contributed by atoms with Gasteiger partial charge in [0.25, 0.3) is 0 Å². The Morgan fingerprint density at radius 3 is 2.83 bits per heavy atom. The van der Waals surface area contributed by atoms with E-state index in [-0.39, 0.29) is 34.4 Å². The van der Waals surface area contributed by atoms with Crippen LogP contribution in [-0.2, 0) is 4.79 Å². The van der Waals surface area contributed by atoms with Crippen molar-refractivity contribution in [3.05, 3.63) is 23.8 Å². The third-order valence-electron chi connectivity index (χ3n) is 7.61. The molecule has 2 fully saturated rings. The maximum Gasteiger partial charge on any atom is 0.159 e. The lowest BCUT2D eigenvalue weighted by atomic mass is 9.48. The fourth-order valence-electron chi connectivity index (χ4n) is 6.11. The van der Waals surface area contributed by atoms with Crippen LogP contribution in [0.4, 0.5) is 4.39 Å². The minimum Gasteiger partial charge on any atom is -0.389 e. The molecule has 4 aliphatic carbocycles. The lowest BCUT2D eigenvalue weighted by Crippen LogP contribution is -2.55. The first-order valence-electron chi connectivity index (χ1n) is 8.78. The van der Waals surface area contributed by atoms with Gasteiger partial charge in [-0.25, -0.2) is 4.39 Å². The van der Waals surface area contributed by atoms with Crippen LogP contribution in [0.25, 0.3) is 0 Å². The maximum atomic E-state index is 14.3. The summed E-state index contributed by atoms with van der Waals surface area (Å²) >= 11 is 0. The van der Waals surface area contributed by atoms with Gasteiger partial charge in [0.2, 0.25) is 0 Å². The summed E-state index contributed by atoms with van der Waals surface area (Å²) in [6.45, 7) is 4.28. The maximum absolute atomic E-state index is 14.3. The first kappa shape index (κ1) is 15.5. The highest BCUT2D eigenvalue weighted by atomic mass is 19.1. The molecule has 3 nitrogen and oxygen atoms in total. The Morgan fingerprint density at radius 1 is 1.35 bits per heavy atom. The molecule has 4 aliphatic rings. The van der Waals surface area contributed by atoms with Gasteiger partial charge in [0.15, 0.2) is 5.78 Å². The molecule has 0 aromatic heterocycles. The largest absolute Gasteiger partial charge is 0.389 e. The third kappa shape index (κ3) is 1.91. The molecule has 0 aromatic rings. The molecule has 0 heterocycles. The van der Waals surface area contributed by atoms with Crippen LogP contribution in [0.5, 0.6) is 0 Å². The Bertz CT molecular complexity index is 614. The Morgan fingerprint density at radius 2 is 2.09 bits per heavy atom. The molecule has 3 N–H and O–H groups in total. The van der Waals surface area contributed by atoms with Crippen molar-refractivity contribution in [3.8, 4) is 0 Å². The first-order chi connectivity index (χ1) is 10.8. The van der Waals surface area contributed by atoms with Gasteiger partial charge in [-0.15, -0.1) is 0 Å². The van der Waals surface area contributed by atoms with E-state index in [0.717, 1.165) is 18.4 Å². The molecule has 0 spiro atoms. The SMILES string of the molecule is C[C@]12CC[C@H]3[C@@H]([C@@H](O)C=C4CC(=O)C=C[C@@]43C)[C@@H]1C[C@@H](F)[C@@H]2N. The van der Waals surface area contributed by atoms with E-state index in [9.17, 15) is 14.3 Å². The summed E-state index contributed by atoms with van der Waals surface area (Å²) in [6, 6.07) is -0.428. The predicted molar refractivity (Wildman–Crippen MR) is 86.3 cm³/mol. The Balaban J connectivity index is 1.78. The standard InChI is InChI=1S/C19H26FNO2/c1-18-5-3-11(22)7-10(18)8-15(23)16-12(18)4-6-19(2)13(16)9-14(20)17(19)21/h3,5,8,12-17,23H,4,6-7,9,21H2,1-2H3/t12-,13-,14+,15-,16+,17-,18-,19-/m0/s1. The monoisotopic (exact) mass is 319 g/mol. The Hall–Kier alpha value is -1.00. The van der Waals surface area contributed by atoms with Crippen LogP contribution >= 0.6 is 0 Å². The van der Waals surface area contributed by atoms with Crippen molar-refractivity contribution in [3.63, 3.8) is 0 Å². The highest BCUT2D eigenvalue weighted by Crippen LogP contribution is 2.63. The molecule has 0 saturated heterocycles. The molecule has 0 amide bonds. The van der Waals surface area contributed by atoms with Gasteiger partial charge in [-0.2, -0.15) is 0 Å². The molecule has 8 atom stereocenters. The van der Waals surface area contributed by atoms with Crippen LogP contribution in [0.15, 0.2) is 23.8 Å². The second-order valence-electron chi connectivity index (χ2n) is 8.55. The zero-order chi connectivity index (χ0) is 16.6. The topological polar surface area (TPSA) is 63.3 Å². The van der Waals surface area contributed by atoms with E-state index in [1.165, 1.54) is 0 Å². The molecule has 0 aliphatic heterocycles. The van der Waals surface area contributed by atoms with Gasteiger partial charge in [0.1, 0.15) is 6.17 Å². The molecule has 4 heteroatoms. The van der Waals surface area contributed by atoms with Gasteiger partial charge in [-0.1, -0.05) is 31.6 Å². The highest BCUT2D eigenvalue weighted by molar-refractivity contribution is 5.93. The van der Waals surface area contributed by atoms with Crippen molar-refractivity contribution in [1.82, 2.24) is 0 Å². The number of halogens is 1. The van der Waals surface area contributed by atoms with Crippen molar-refractivity contribution < 1.29 is 14.3 Å². The van der Waals surface area contributed by atoms with E-state index in [4.69, 9.17) is 5.73 Å². The summed E-state index contributed by atoms with van der Waals surface area (Å²) in [5.41, 5.74) is 6.82. The number of alkyl halides is 1. The molecule has 0 bridgehead atoms. The van der Waals surface area contributed by atoms with Gasteiger partial charge >= 0.3 is 0 Å². The number of hydrogen-bond acceptors (Lipinski definition) is 3. The number of aliphatic hydroxyl groups excluding tert-OH is 1. The number of rotatable bonds is 0. The van der Waals surface area contributed by atoms with Crippen LogP contribution < -0.4 is 5.73 Å².